The molecule has 8 nitrogen and oxygen atoms in total. The number of carbonyl (C=O) groups excluding carboxylic acids is 2. The van der Waals surface area contributed by atoms with E-state index in [1.54, 1.807) is 0 Å². The van der Waals surface area contributed by atoms with Crippen LogP contribution in [0.5, 0.6) is 0 Å². The number of carbonyl (C=O) groups is 2. The number of benzene rings is 1. The fourth-order valence-corrected chi connectivity index (χ4v) is 1.99. The molecule has 0 aliphatic carbocycles. The first-order valence-electron chi connectivity index (χ1n) is 7.15. The van der Waals surface area contributed by atoms with Crippen LogP contribution in [0.15, 0.2) is 40.8 Å². The molecule has 0 aliphatic rings. The number of hydrogen-bond acceptors (Lipinski definition) is 6. The molecule has 0 spiro atoms. The van der Waals surface area contributed by atoms with Gasteiger partial charge in [-0.05, 0) is 37.3 Å². The summed E-state index contributed by atoms with van der Waals surface area (Å²) in [7, 11) is 0. The van der Waals surface area contributed by atoms with Gasteiger partial charge in [0, 0.05) is 6.08 Å². The first-order valence-corrected chi connectivity index (χ1v) is 7.53. The Morgan fingerprint density at radius 2 is 2.12 bits per heavy atom. The molecule has 0 bridgehead atoms. The summed E-state index contributed by atoms with van der Waals surface area (Å²) in [6.07, 6.45) is 0.952. The second-order valence-corrected chi connectivity index (χ2v) is 5.37. The van der Waals surface area contributed by atoms with Crippen molar-refractivity contribution >= 4 is 41.1 Å². The Bertz CT molecular complexity index is 879. The third-order valence-electron chi connectivity index (χ3n) is 3.03. The Kier molecular flexibility index (Phi) is 6.07. The van der Waals surface area contributed by atoms with Crippen LogP contribution in [-0.4, -0.2) is 22.9 Å². The molecular formula is C16H12ClFN2O6. The second kappa shape index (κ2) is 8.26. The number of nitrogens with one attached hydrogen (secondary N) is 1. The minimum Gasteiger partial charge on any atom is -0.449 e. The molecule has 0 unspecified atom stereocenters. The second-order valence-electron chi connectivity index (χ2n) is 4.96. The number of anilines is 1. The molecule has 0 saturated carbocycles. The predicted molar refractivity (Wildman–Crippen MR) is 90.0 cm³/mol. The summed E-state index contributed by atoms with van der Waals surface area (Å²) in [5, 5.41) is 12.9. The molecule has 1 atom stereocenters. The SMILES string of the molecule is C[C@H](OC(=O)/C=C/c1ccc([N+](=O)[O-])o1)C(=O)Nc1ccc(F)cc1Cl. The Hall–Kier alpha value is -3.20. The van der Waals surface area contributed by atoms with Gasteiger partial charge >= 0.3 is 11.9 Å². The van der Waals surface area contributed by atoms with Crippen LogP contribution in [0.25, 0.3) is 6.08 Å². The number of ether oxygens (including phenoxy) is 1. The smallest absolute Gasteiger partial charge is 0.433 e. The molecule has 1 amide bonds. The number of nitrogens with zero attached hydrogens (tertiary/aromatic N) is 1. The first kappa shape index (κ1) is 19.1. The fourth-order valence-electron chi connectivity index (χ4n) is 1.77. The van der Waals surface area contributed by atoms with Crippen LogP contribution in [0.4, 0.5) is 16.0 Å². The highest BCUT2D eigenvalue weighted by molar-refractivity contribution is 6.33. The summed E-state index contributed by atoms with van der Waals surface area (Å²) in [5.41, 5.74) is 0.166. The van der Waals surface area contributed by atoms with E-state index >= 15 is 0 Å². The molecule has 0 radical (unpaired) electrons. The number of rotatable bonds is 6. The van der Waals surface area contributed by atoms with Crippen molar-refractivity contribution in [3.8, 4) is 0 Å². The lowest BCUT2D eigenvalue weighted by atomic mass is 10.3. The molecule has 1 heterocycles. The molecule has 2 aromatic rings. The maximum atomic E-state index is 13.0. The van der Waals surface area contributed by atoms with Crippen molar-refractivity contribution in [2.24, 2.45) is 0 Å². The summed E-state index contributed by atoms with van der Waals surface area (Å²) < 4.78 is 22.7. The van der Waals surface area contributed by atoms with Crippen molar-refractivity contribution in [3.05, 3.63) is 63.1 Å². The van der Waals surface area contributed by atoms with Gasteiger partial charge in [-0.15, -0.1) is 0 Å². The summed E-state index contributed by atoms with van der Waals surface area (Å²) in [6, 6.07) is 5.85. The number of nitro groups is 1. The van der Waals surface area contributed by atoms with E-state index in [1.165, 1.54) is 19.1 Å². The number of amides is 1. The predicted octanol–water partition coefficient (Wildman–Crippen LogP) is 3.56. The highest BCUT2D eigenvalue weighted by Crippen LogP contribution is 2.22. The highest BCUT2D eigenvalue weighted by atomic mass is 35.5. The third kappa shape index (κ3) is 5.15. The zero-order chi connectivity index (χ0) is 19.3. The van der Waals surface area contributed by atoms with Gasteiger partial charge in [0.05, 0.1) is 16.8 Å². The van der Waals surface area contributed by atoms with E-state index in [0.717, 1.165) is 30.4 Å². The molecule has 1 N–H and O–H groups in total. The lowest BCUT2D eigenvalue weighted by molar-refractivity contribution is -0.402. The number of esters is 1. The van der Waals surface area contributed by atoms with E-state index < -0.39 is 34.6 Å². The lowest BCUT2D eigenvalue weighted by Crippen LogP contribution is -2.29. The standard InChI is InChI=1S/C16H12ClFN2O6/c1-9(16(22)19-13-5-2-10(18)8-12(13)17)25-15(21)7-4-11-3-6-14(26-11)20(23)24/h2-9H,1H3,(H,19,22)/b7-4+/t9-/m0/s1. The average molecular weight is 383 g/mol. The monoisotopic (exact) mass is 382 g/mol. The van der Waals surface area contributed by atoms with Crippen molar-refractivity contribution < 1.29 is 28.1 Å². The molecule has 10 heteroatoms. The van der Waals surface area contributed by atoms with Crippen molar-refractivity contribution in [1.82, 2.24) is 0 Å². The summed E-state index contributed by atoms with van der Waals surface area (Å²) >= 11 is 5.79. The van der Waals surface area contributed by atoms with Gasteiger partial charge in [-0.3, -0.25) is 14.9 Å². The van der Waals surface area contributed by atoms with E-state index in [-0.39, 0.29) is 16.5 Å². The lowest BCUT2D eigenvalue weighted by Gasteiger charge is -2.13. The van der Waals surface area contributed by atoms with Crippen molar-refractivity contribution in [1.29, 1.82) is 0 Å². The highest BCUT2D eigenvalue weighted by Gasteiger charge is 2.18. The zero-order valence-electron chi connectivity index (χ0n) is 13.3. The van der Waals surface area contributed by atoms with Gasteiger partial charge in [-0.2, -0.15) is 0 Å². The van der Waals surface area contributed by atoms with Crippen LogP contribution >= 0.6 is 11.6 Å². The van der Waals surface area contributed by atoms with Crippen LogP contribution in [-0.2, 0) is 14.3 Å². The number of hydrogen-bond donors (Lipinski definition) is 1. The Morgan fingerprint density at radius 1 is 1.38 bits per heavy atom. The number of halogens is 2. The van der Waals surface area contributed by atoms with Gasteiger partial charge in [0.2, 0.25) is 0 Å². The maximum Gasteiger partial charge on any atom is 0.433 e. The van der Waals surface area contributed by atoms with Crippen LogP contribution in [0.3, 0.4) is 0 Å². The molecule has 1 aromatic heterocycles. The van der Waals surface area contributed by atoms with Crippen LogP contribution in [0, 0.1) is 15.9 Å². The summed E-state index contributed by atoms with van der Waals surface area (Å²) in [5.74, 6) is -2.49. The van der Waals surface area contributed by atoms with Crippen molar-refractivity contribution in [2.45, 2.75) is 13.0 Å². The van der Waals surface area contributed by atoms with Gasteiger partial charge in [-0.1, -0.05) is 11.6 Å². The van der Waals surface area contributed by atoms with Crippen molar-refractivity contribution in [3.63, 3.8) is 0 Å². The average Bonchev–Trinajstić information content (AvgIpc) is 3.04. The quantitative estimate of drug-likeness (QED) is 0.354. The normalized spacial score (nSPS) is 12.0. The molecule has 0 saturated heterocycles. The molecule has 26 heavy (non-hydrogen) atoms. The van der Waals surface area contributed by atoms with E-state index in [9.17, 15) is 24.1 Å². The van der Waals surface area contributed by atoms with Gasteiger partial charge in [-0.25, -0.2) is 9.18 Å². The summed E-state index contributed by atoms with van der Waals surface area (Å²) in [4.78, 5) is 33.4. The first-order chi connectivity index (χ1) is 12.3. The maximum absolute atomic E-state index is 13.0. The molecule has 0 aliphatic heterocycles. The Morgan fingerprint density at radius 3 is 2.73 bits per heavy atom. The Labute approximate surface area is 151 Å². The largest absolute Gasteiger partial charge is 0.449 e. The van der Waals surface area contributed by atoms with Gasteiger partial charge < -0.3 is 14.5 Å². The van der Waals surface area contributed by atoms with Gasteiger partial charge in [0.1, 0.15) is 16.5 Å². The fraction of sp³-hybridized carbons (Fsp3) is 0.125. The molecule has 1 aromatic carbocycles. The van der Waals surface area contributed by atoms with Crippen LogP contribution < -0.4 is 5.32 Å². The third-order valence-corrected chi connectivity index (χ3v) is 3.34. The van der Waals surface area contributed by atoms with E-state index in [2.05, 4.69) is 5.32 Å². The molecule has 0 fully saturated rings. The summed E-state index contributed by atoms with van der Waals surface area (Å²) in [6.45, 7) is 1.33. The minimum atomic E-state index is -1.17. The van der Waals surface area contributed by atoms with Crippen LogP contribution in [0.1, 0.15) is 12.7 Å². The van der Waals surface area contributed by atoms with E-state index in [0.29, 0.717) is 0 Å². The van der Waals surface area contributed by atoms with E-state index in [4.69, 9.17) is 20.8 Å². The molecular weight excluding hydrogens is 371 g/mol. The molecule has 136 valence electrons. The van der Waals surface area contributed by atoms with Gasteiger partial charge in [0.25, 0.3) is 5.91 Å². The van der Waals surface area contributed by atoms with Crippen LogP contribution in [0.2, 0.25) is 5.02 Å². The molecule has 2 rings (SSSR count). The zero-order valence-corrected chi connectivity index (χ0v) is 14.0. The van der Waals surface area contributed by atoms with Gasteiger partial charge in [0.15, 0.2) is 6.10 Å². The topological polar surface area (TPSA) is 112 Å². The number of furan rings is 1. The van der Waals surface area contributed by atoms with Crippen molar-refractivity contribution in [2.75, 3.05) is 5.32 Å². The Balaban J connectivity index is 1.91. The minimum absolute atomic E-state index is 0.00353. The van der Waals surface area contributed by atoms with E-state index in [1.807, 2.05) is 0 Å².